The van der Waals surface area contributed by atoms with Gasteiger partial charge >= 0.3 is 6.09 Å². The van der Waals surface area contributed by atoms with E-state index in [9.17, 15) is 14.4 Å². The van der Waals surface area contributed by atoms with Crippen molar-refractivity contribution in [2.75, 3.05) is 61.7 Å². The number of rotatable bonds is 15. The van der Waals surface area contributed by atoms with Crippen molar-refractivity contribution >= 4 is 29.8 Å². The fourth-order valence-electron chi connectivity index (χ4n) is 3.22. The van der Waals surface area contributed by atoms with Gasteiger partial charge in [0.15, 0.2) is 34.6 Å². The van der Waals surface area contributed by atoms with Crippen molar-refractivity contribution in [1.82, 2.24) is 9.80 Å². The van der Waals surface area contributed by atoms with Crippen molar-refractivity contribution in [2.24, 2.45) is 0 Å². The number of hydrogen-bond donors (Lipinski definition) is 1. The molecule has 0 atom stereocenters. The van der Waals surface area contributed by atoms with Crippen molar-refractivity contribution in [3.05, 3.63) is 59.7 Å². The van der Waals surface area contributed by atoms with Crippen LogP contribution in [0, 0.1) is 0 Å². The monoisotopic (exact) mass is 540 g/mol. The third-order valence-electron chi connectivity index (χ3n) is 5.39. The first kappa shape index (κ1) is 31.1. The first-order valence-corrected chi connectivity index (χ1v) is 12.3. The van der Waals surface area contributed by atoms with Gasteiger partial charge in [0.25, 0.3) is 0 Å². The molecule has 0 radical (unpaired) electrons. The van der Waals surface area contributed by atoms with E-state index in [0.717, 1.165) is 0 Å². The molecule has 0 bridgehead atoms. The maximum Gasteiger partial charge on any atom is 0.415 e. The molecule has 10 heteroatoms. The van der Waals surface area contributed by atoms with E-state index in [4.69, 9.17) is 24.1 Å². The number of benzene rings is 2. The van der Waals surface area contributed by atoms with Crippen molar-refractivity contribution in [2.45, 2.75) is 6.42 Å². The molecule has 2 aromatic rings. The Balaban J connectivity index is 1.96. The van der Waals surface area contributed by atoms with Crippen molar-refractivity contribution in [1.29, 1.82) is 0 Å². The van der Waals surface area contributed by atoms with Gasteiger partial charge in [-0.2, -0.15) is 0 Å². The van der Waals surface area contributed by atoms with E-state index in [-0.39, 0.29) is 37.0 Å². The second-order valence-corrected chi connectivity index (χ2v) is 8.76. The zero-order valence-corrected chi connectivity index (χ0v) is 23.0. The summed E-state index contributed by atoms with van der Waals surface area (Å²) < 4.78 is 21.4. The molecule has 210 valence electrons. The van der Waals surface area contributed by atoms with Crippen LogP contribution in [0.15, 0.2) is 48.6 Å². The average Bonchev–Trinajstić information content (AvgIpc) is 2.92. The van der Waals surface area contributed by atoms with Gasteiger partial charge in [-0.25, -0.2) is 4.79 Å². The topological polar surface area (TPSA) is 115 Å². The summed E-state index contributed by atoms with van der Waals surface area (Å²) in [6.45, 7) is 1.22. The average molecular weight is 541 g/mol. The summed E-state index contributed by atoms with van der Waals surface area (Å²) in [4.78, 5) is 40.4. The highest BCUT2D eigenvalue weighted by Gasteiger charge is 2.15. The fraction of sp³-hybridized carbons (Fsp3) is 0.345. The summed E-state index contributed by atoms with van der Waals surface area (Å²) in [7, 11) is 8.44. The lowest BCUT2D eigenvalue weighted by Crippen LogP contribution is -2.35. The van der Waals surface area contributed by atoms with Crippen molar-refractivity contribution < 1.29 is 38.4 Å². The standard InChI is InChI=1S/C29H36N2O8/c1-30(2)14-15-31(3)29(35)39-26-13-9-22(19-28(26)37-5)7-11-24(34)20-23(33)10-6-21-8-12-25(38-17-16-32)27(18-21)36-4/h6-13,18-19,32H,14-17,20H2,1-5H3/b10-6+,11-7+. The van der Waals surface area contributed by atoms with E-state index in [1.165, 1.54) is 31.3 Å². The van der Waals surface area contributed by atoms with Gasteiger partial charge in [-0.1, -0.05) is 24.3 Å². The molecule has 10 nitrogen and oxygen atoms in total. The highest BCUT2D eigenvalue weighted by atomic mass is 16.6. The van der Waals surface area contributed by atoms with Crippen LogP contribution in [0.25, 0.3) is 12.2 Å². The summed E-state index contributed by atoms with van der Waals surface area (Å²) in [5.41, 5.74) is 1.33. The van der Waals surface area contributed by atoms with E-state index in [1.54, 1.807) is 55.6 Å². The molecular formula is C29H36N2O8. The summed E-state index contributed by atoms with van der Waals surface area (Å²) in [5, 5.41) is 8.90. The van der Waals surface area contributed by atoms with E-state index >= 15 is 0 Å². The first-order valence-electron chi connectivity index (χ1n) is 12.3. The number of likely N-dealkylation sites (N-methyl/N-ethyl adjacent to an activating group) is 2. The molecule has 0 saturated carbocycles. The number of methoxy groups -OCH3 is 2. The Hall–Kier alpha value is -4.15. The van der Waals surface area contributed by atoms with Gasteiger partial charge in [0.05, 0.1) is 27.2 Å². The number of ether oxygens (including phenoxy) is 4. The second kappa shape index (κ2) is 16.0. The largest absolute Gasteiger partial charge is 0.493 e. The summed E-state index contributed by atoms with van der Waals surface area (Å²) in [6.07, 6.45) is 4.99. The number of amides is 1. The van der Waals surface area contributed by atoms with Crippen LogP contribution in [0.2, 0.25) is 0 Å². The van der Waals surface area contributed by atoms with E-state index in [1.807, 2.05) is 19.0 Å². The summed E-state index contributed by atoms with van der Waals surface area (Å²) >= 11 is 0. The Bertz CT molecular complexity index is 1190. The van der Waals surface area contributed by atoms with E-state index in [0.29, 0.717) is 41.5 Å². The van der Waals surface area contributed by atoms with Gasteiger partial charge in [-0.3, -0.25) is 9.59 Å². The minimum atomic E-state index is -0.510. The molecule has 0 aliphatic rings. The lowest BCUT2D eigenvalue weighted by atomic mass is 10.1. The van der Waals surface area contributed by atoms with Crippen molar-refractivity contribution in [3.8, 4) is 23.0 Å². The number of aliphatic hydroxyl groups is 1. The molecule has 0 aliphatic heterocycles. The number of hydrogen-bond acceptors (Lipinski definition) is 9. The first-order chi connectivity index (χ1) is 18.7. The zero-order chi connectivity index (χ0) is 28.8. The molecular weight excluding hydrogens is 504 g/mol. The third kappa shape index (κ3) is 10.6. The highest BCUT2D eigenvalue weighted by molar-refractivity contribution is 6.10. The second-order valence-electron chi connectivity index (χ2n) is 8.76. The van der Waals surface area contributed by atoms with Crippen LogP contribution in [0.5, 0.6) is 23.0 Å². The number of aliphatic hydroxyl groups excluding tert-OH is 1. The molecule has 0 aliphatic carbocycles. The predicted molar refractivity (Wildman–Crippen MR) is 148 cm³/mol. The number of carbonyl (C=O) groups excluding carboxylic acids is 3. The van der Waals surface area contributed by atoms with E-state index < -0.39 is 6.09 Å². The Morgan fingerprint density at radius 1 is 0.795 bits per heavy atom. The van der Waals surface area contributed by atoms with Crippen LogP contribution in [-0.2, 0) is 9.59 Å². The molecule has 0 heterocycles. The molecule has 2 rings (SSSR count). The Labute approximate surface area is 229 Å². The van der Waals surface area contributed by atoms with E-state index in [2.05, 4.69) is 0 Å². The zero-order valence-electron chi connectivity index (χ0n) is 23.0. The summed E-state index contributed by atoms with van der Waals surface area (Å²) in [5.74, 6) is 0.804. The normalized spacial score (nSPS) is 11.2. The molecule has 39 heavy (non-hydrogen) atoms. The van der Waals surface area contributed by atoms with Gasteiger partial charge in [-0.15, -0.1) is 0 Å². The van der Waals surface area contributed by atoms with Gasteiger partial charge in [0.1, 0.15) is 6.61 Å². The molecule has 1 N–H and O–H groups in total. The fourth-order valence-corrected chi connectivity index (χ4v) is 3.22. The van der Waals surface area contributed by atoms with Crippen LogP contribution in [0.3, 0.4) is 0 Å². The van der Waals surface area contributed by atoms with Crippen LogP contribution in [0.1, 0.15) is 17.5 Å². The smallest absolute Gasteiger partial charge is 0.415 e. The molecule has 2 aromatic carbocycles. The predicted octanol–water partition coefficient (Wildman–Crippen LogP) is 3.32. The minimum absolute atomic E-state index is 0.120. The van der Waals surface area contributed by atoms with Crippen LogP contribution in [0.4, 0.5) is 4.79 Å². The minimum Gasteiger partial charge on any atom is -0.493 e. The van der Waals surface area contributed by atoms with Crippen molar-refractivity contribution in [3.63, 3.8) is 0 Å². The highest BCUT2D eigenvalue weighted by Crippen LogP contribution is 2.30. The van der Waals surface area contributed by atoms with Crippen LogP contribution >= 0.6 is 0 Å². The molecule has 0 unspecified atom stereocenters. The van der Waals surface area contributed by atoms with Gasteiger partial charge in [0.2, 0.25) is 0 Å². The molecule has 0 aromatic heterocycles. The number of carbonyl (C=O) groups is 3. The molecule has 0 fully saturated rings. The molecule has 1 amide bonds. The lowest BCUT2D eigenvalue weighted by Gasteiger charge is -2.19. The van der Waals surface area contributed by atoms with Crippen LogP contribution in [-0.4, -0.2) is 94.2 Å². The maximum atomic E-state index is 12.3. The number of nitrogens with zero attached hydrogens (tertiary/aromatic N) is 2. The Morgan fingerprint density at radius 3 is 1.85 bits per heavy atom. The molecule has 0 saturated heterocycles. The summed E-state index contributed by atoms with van der Waals surface area (Å²) in [6, 6.07) is 10.00. The molecule has 0 spiro atoms. The number of allylic oxidation sites excluding steroid dienone is 2. The third-order valence-corrected chi connectivity index (χ3v) is 5.39. The Kier molecular flexibility index (Phi) is 12.7. The quantitative estimate of drug-likeness (QED) is 0.268. The maximum absolute atomic E-state index is 12.3. The van der Waals surface area contributed by atoms with Gasteiger partial charge in [-0.05, 0) is 61.6 Å². The number of ketones is 2. The van der Waals surface area contributed by atoms with Gasteiger partial charge < -0.3 is 33.9 Å². The van der Waals surface area contributed by atoms with Crippen LogP contribution < -0.4 is 18.9 Å². The van der Waals surface area contributed by atoms with Gasteiger partial charge in [0, 0.05) is 20.1 Å². The Morgan fingerprint density at radius 2 is 1.33 bits per heavy atom. The SMILES string of the molecule is COc1cc(/C=C/C(=O)CC(=O)/C=C/c2ccc(OC(=O)N(C)CCN(C)C)c(OC)c2)ccc1OCCO. The lowest BCUT2D eigenvalue weighted by molar-refractivity contribution is -0.121.